The largest absolute Gasteiger partial charge is 0.508 e. The Hall–Kier alpha value is -2.95. The molecule has 0 amide bonds. The normalized spacial score (nSPS) is 21.2. The lowest BCUT2D eigenvalue weighted by molar-refractivity contribution is 0.271. The van der Waals surface area contributed by atoms with Gasteiger partial charge in [-0.3, -0.25) is 0 Å². The number of halogens is 1. The lowest BCUT2D eigenvalue weighted by Crippen LogP contribution is -2.46. The molecule has 2 aliphatic carbocycles. The summed E-state index contributed by atoms with van der Waals surface area (Å²) in [4.78, 5) is 4.97. The lowest BCUT2D eigenvalue weighted by Gasteiger charge is -2.35. The van der Waals surface area contributed by atoms with Crippen molar-refractivity contribution in [3.8, 4) is 11.5 Å². The third kappa shape index (κ3) is 3.57. The van der Waals surface area contributed by atoms with Gasteiger partial charge in [-0.25, -0.2) is 0 Å². The number of hydrogen-bond acceptors (Lipinski definition) is 4. The standard InChI is InChI=1S/C29H30N2O2.ClH/c1-2-30-13-15-31(16-14-30)22-5-3-20(4-6-22)26-19-29(28-10-8-24(33)18-25(26)28)12-11-21-17-23(32)7-9-27(21)29;/h3-10,17-19,32-33H,2,11-16H2,1H3;1H. The SMILES string of the molecule is CCN1CCN(c2ccc(C3=CC4(CCc5cc(O)ccc54)c4ccc(O)cc43)cc2)CC1.Cl. The molecular weight excluding hydrogens is 444 g/mol. The van der Waals surface area contributed by atoms with Crippen molar-refractivity contribution in [3.05, 3.63) is 94.6 Å². The van der Waals surface area contributed by atoms with Crippen molar-refractivity contribution in [2.45, 2.75) is 25.2 Å². The van der Waals surface area contributed by atoms with Gasteiger partial charge in [0.2, 0.25) is 0 Å². The first kappa shape index (κ1) is 22.8. The third-order valence-corrected chi connectivity index (χ3v) is 7.89. The second-order valence-electron chi connectivity index (χ2n) is 9.57. The molecule has 6 rings (SSSR count). The van der Waals surface area contributed by atoms with Crippen LogP contribution in [0, 0.1) is 0 Å². The molecule has 1 atom stereocenters. The minimum Gasteiger partial charge on any atom is -0.508 e. The molecule has 34 heavy (non-hydrogen) atoms. The van der Waals surface area contributed by atoms with E-state index in [0.29, 0.717) is 11.5 Å². The highest BCUT2D eigenvalue weighted by Gasteiger charge is 2.44. The van der Waals surface area contributed by atoms with E-state index in [9.17, 15) is 10.2 Å². The molecule has 1 unspecified atom stereocenters. The molecule has 1 saturated heterocycles. The van der Waals surface area contributed by atoms with E-state index in [1.54, 1.807) is 12.1 Å². The molecule has 1 fully saturated rings. The predicted octanol–water partition coefficient (Wildman–Crippen LogP) is 5.34. The van der Waals surface area contributed by atoms with E-state index < -0.39 is 0 Å². The fourth-order valence-electron chi connectivity index (χ4n) is 6.08. The molecule has 3 aromatic carbocycles. The summed E-state index contributed by atoms with van der Waals surface area (Å²) in [5.41, 5.74) is 8.29. The van der Waals surface area contributed by atoms with Crippen molar-refractivity contribution in [1.29, 1.82) is 0 Å². The van der Waals surface area contributed by atoms with Gasteiger partial charge in [0, 0.05) is 37.3 Å². The Bertz CT molecular complexity index is 1250. The van der Waals surface area contributed by atoms with Gasteiger partial charge in [-0.05, 0) is 89.2 Å². The zero-order chi connectivity index (χ0) is 22.6. The number of anilines is 1. The van der Waals surface area contributed by atoms with Crippen LogP contribution < -0.4 is 4.90 Å². The molecule has 3 aromatic rings. The zero-order valence-corrected chi connectivity index (χ0v) is 20.3. The first-order valence-corrected chi connectivity index (χ1v) is 12.0. The van der Waals surface area contributed by atoms with Crippen molar-refractivity contribution < 1.29 is 10.2 Å². The summed E-state index contributed by atoms with van der Waals surface area (Å²) >= 11 is 0. The number of benzene rings is 3. The van der Waals surface area contributed by atoms with Crippen LogP contribution in [0.4, 0.5) is 5.69 Å². The van der Waals surface area contributed by atoms with Crippen LogP contribution in [0.3, 0.4) is 0 Å². The third-order valence-electron chi connectivity index (χ3n) is 7.89. The summed E-state index contributed by atoms with van der Waals surface area (Å²) in [7, 11) is 0. The van der Waals surface area contributed by atoms with Crippen LogP contribution in [-0.2, 0) is 11.8 Å². The van der Waals surface area contributed by atoms with E-state index >= 15 is 0 Å². The second-order valence-corrected chi connectivity index (χ2v) is 9.57. The van der Waals surface area contributed by atoms with Crippen LogP contribution in [0.15, 0.2) is 66.7 Å². The number of piperazine rings is 1. The highest BCUT2D eigenvalue weighted by Crippen LogP contribution is 2.54. The van der Waals surface area contributed by atoms with Gasteiger partial charge in [0.1, 0.15) is 11.5 Å². The Morgan fingerprint density at radius 1 is 0.824 bits per heavy atom. The van der Waals surface area contributed by atoms with Gasteiger partial charge in [0.25, 0.3) is 0 Å². The Balaban J connectivity index is 0.00000241. The minimum atomic E-state index is -0.198. The first-order valence-electron chi connectivity index (χ1n) is 12.0. The number of rotatable bonds is 3. The van der Waals surface area contributed by atoms with Gasteiger partial charge < -0.3 is 20.0 Å². The van der Waals surface area contributed by atoms with Crippen molar-refractivity contribution in [1.82, 2.24) is 4.90 Å². The average Bonchev–Trinajstić information content (AvgIpc) is 3.37. The quantitative estimate of drug-likeness (QED) is 0.538. The summed E-state index contributed by atoms with van der Waals surface area (Å²) in [5, 5.41) is 20.3. The molecule has 0 radical (unpaired) electrons. The van der Waals surface area contributed by atoms with Gasteiger partial charge in [-0.2, -0.15) is 0 Å². The first-order chi connectivity index (χ1) is 16.1. The maximum Gasteiger partial charge on any atom is 0.116 e. The molecule has 5 heteroatoms. The summed E-state index contributed by atoms with van der Waals surface area (Å²) in [6.45, 7) is 7.73. The molecular formula is C29H31ClN2O2. The van der Waals surface area contributed by atoms with E-state index in [4.69, 9.17) is 0 Å². The topological polar surface area (TPSA) is 46.9 Å². The average molecular weight is 475 g/mol. The smallest absolute Gasteiger partial charge is 0.116 e. The maximum absolute atomic E-state index is 10.3. The molecule has 2 N–H and O–H groups in total. The lowest BCUT2D eigenvalue weighted by atomic mass is 9.77. The Morgan fingerprint density at radius 2 is 1.50 bits per heavy atom. The number of allylic oxidation sites excluding steroid dienone is 1. The van der Waals surface area contributed by atoms with E-state index in [0.717, 1.165) is 51.1 Å². The van der Waals surface area contributed by atoms with Crippen LogP contribution >= 0.6 is 12.4 Å². The number of fused-ring (bicyclic) bond motifs is 4. The van der Waals surface area contributed by atoms with Crippen molar-refractivity contribution in [3.63, 3.8) is 0 Å². The summed E-state index contributed by atoms with van der Waals surface area (Å²) < 4.78 is 0. The minimum absolute atomic E-state index is 0. The number of phenolic OH excluding ortho intramolecular Hbond substituents is 2. The summed E-state index contributed by atoms with van der Waals surface area (Å²) in [6, 6.07) is 20.5. The van der Waals surface area contributed by atoms with Crippen molar-refractivity contribution in [2.75, 3.05) is 37.6 Å². The molecule has 1 aliphatic heterocycles. The summed E-state index contributed by atoms with van der Waals surface area (Å²) in [5.74, 6) is 0.625. The van der Waals surface area contributed by atoms with Crippen molar-refractivity contribution >= 4 is 23.7 Å². The number of likely N-dealkylation sites (N-methyl/N-ethyl adjacent to an activating group) is 1. The van der Waals surface area contributed by atoms with Crippen LogP contribution in [0.5, 0.6) is 11.5 Å². The fourth-order valence-corrected chi connectivity index (χ4v) is 6.08. The molecule has 176 valence electrons. The Labute approximate surface area is 207 Å². The van der Waals surface area contributed by atoms with Crippen LogP contribution in [-0.4, -0.2) is 47.8 Å². The number of aromatic hydroxyl groups is 2. The van der Waals surface area contributed by atoms with E-state index in [-0.39, 0.29) is 17.8 Å². The molecule has 0 saturated carbocycles. The van der Waals surface area contributed by atoms with Crippen LogP contribution in [0.2, 0.25) is 0 Å². The van der Waals surface area contributed by atoms with E-state index in [2.05, 4.69) is 59.2 Å². The van der Waals surface area contributed by atoms with Gasteiger partial charge in [0.05, 0.1) is 0 Å². The van der Waals surface area contributed by atoms with Crippen LogP contribution in [0.25, 0.3) is 5.57 Å². The number of phenols is 2. The number of nitrogens with zero attached hydrogens (tertiary/aromatic N) is 2. The van der Waals surface area contributed by atoms with Crippen molar-refractivity contribution in [2.24, 2.45) is 0 Å². The maximum atomic E-state index is 10.3. The zero-order valence-electron chi connectivity index (χ0n) is 19.5. The highest BCUT2D eigenvalue weighted by atomic mass is 35.5. The van der Waals surface area contributed by atoms with E-state index in [1.165, 1.54) is 33.5 Å². The molecule has 4 nitrogen and oxygen atoms in total. The summed E-state index contributed by atoms with van der Waals surface area (Å²) in [6.07, 6.45) is 4.32. The van der Waals surface area contributed by atoms with Gasteiger partial charge in [-0.1, -0.05) is 37.3 Å². The van der Waals surface area contributed by atoms with Gasteiger partial charge >= 0.3 is 0 Å². The Morgan fingerprint density at radius 3 is 2.21 bits per heavy atom. The second kappa shape index (κ2) is 8.68. The monoisotopic (exact) mass is 474 g/mol. The van der Waals surface area contributed by atoms with E-state index in [1.807, 2.05) is 12.1 Å². The molecule has 1 spiro atoms. The Kier molecular flexibility index (Phi) is 5.83. The van der Waals surface area contributed by atoms with Gasteiger partial charge in [0.15, 0.2) is 0 Å². The molecule has 0 aromatic heterocycles. The highest BCUT2D eigenvalue weighted by molar-refractivity contribution is 5.90. The van der Waals surface area contributed by atoms with Crippen LogP contribution in [0.1, 0.15) is 41.2 Å². The predicted molar refractivity (Wildman–Crippen MR) is 140 cm³/mol. The van der Waals surface area contributed by atoms with Gasteiger partial charge in [-0.15, -0.1) is 12.4 Å². The number of hydrogen-bond donors (Lipinski definition) is 2. The molecule has 0 bridgehead atoms. The molecule has 3 aliphatic rings. The number of aryl methyl sites for hydroxylation is 1. The fraction of sp³-hybridized carbons (Fsp3) is 0.310. The molecule has 1 heterocycles.